The van der Waals surface area contributed by atoms with Gasteiger partial charge in [-0.15, -0.1) is 0 Å². The van der Waals surface area contributed by atoms with Crippen molar-refractivity contribution < 1.29 is 17.4 Å². The third-order valence-electron chi connectivity index (χ3n) is 5.08. The van der Waals surface area contributed by atoms with E-state index in [0.717, 1.165) is 16.3 Å². The summed E-state index contributed by atoms with van der Waals surface area (Å²) in [6.45, 7) is 1.94. The predicted molar refractivity (Wildman–Crippen MR) is 132 cm³/mol. The molecule has 0 aliphatic carbocycles. The molecule has 0 fully saturated rings. The third kappa shape index (κ3) is 5.31. The molecule has 6 nitrogen and oxygen atoms in total. The second-order valence-corrected chi connectivity index (χ2v) is 9.15. The zero-order valence-electron chi connectivity index (χ0n) is 18.2. The Kier molecular flexibility index (Phi) is 6.44. The Morgan fingerprint density at radius 3 is 2.26 bits per heavy atom. The number of benzene rings is 4. The summed E-state index contributed by atoms with van der Waals surface area (Å²) >= 11 is 0. The van der Waals surface area contributed by atoms with E-state index in [9.17, 15) is 18.5 Å². The Morgan fingerprint density at radius 2 is 1.59 bits per heavy atom. The minimum Gasteiger partial charge on any atom is -0.379 e. The Labute approximate surface area is 197 Å². The van der Waals surface area contributed by atoms with Crippen molar-refractivity contribution in [3.63, 3.8) is 0 Å². The first kappa shape index (κ1) is 22.8. The topological polar surface area (TPSA) is 96.3 Å². The molecular formula is C27H20N2O4S. The Balaban J connectivity index is 1.49. The van der Waals surface area contributed by atoms with Gasteiger partial charge in [0.25, 0.3) is 5.91 Å². The van der Waals surface area contributed by atoms with E-state index in [4.69, 9.17) is 4.18 Å². The first-order chi connectivity index (χ1) is 16.3. The molecule has 1 N–H and O–H groups in total. The van der Waals surface area contributed by atoms with Gasteiger partial charge in [0.2, 0.25) is 0 Å². The van der Waals surface area contributed by atoms with Crippen molar-refractivity contribution in [2.24, 2.45) is 0 Å². The van der Waals surface area contributed by atoms with Crippen molar-refractivity contribution in [1.29, 1.82) is 5.26 Å². The smallest absolute Gasteiger partial charge is 0.339 e. The number of aryl methyl sites for hydroxylation is 1. The molecule has 0 atom stereocenters. The Hall–Kier alpha value is -4.41. The zero-order chi connectivity index (χ0) is 24.1. The Morgan fingerprint density at radius 1 is 0.912 bits per heavy atom. The van der Waals surface area contributed by atoms with E-state index in [-0.39, 0.29) is 16.2 Å². The van der Waals surface area contributed by atoms with Crippen molar-refractivity contribution in [2.75, 3.05) is 5.32 Å². The normalized spacial score (nSPS) is 11.6. The number of anilines is 1. The van der Waals surface area contributed by atoms with Crippen LogP contribution in [0.1, 0.15) is 11.1 Å². The molecule has 1 amide bonds. The fourth-order valence-electron chi connectivity index (χ4n) is 3.27. The highest BCUT2D eigenvalue weighted by molar-refractivity contribution is 7.87. The number of carbonyl (C=O) groups is 1. The van der Waals surface area contributed by atoms with E-state index in [1.165, 1.54) is 24.3 Å². The summed E-state index contributed by atoms with van der Waals surface area (Å²) in [5, 5.41) is 13.8. The molecule has 7 heteroatoms. The molecule has 0 spiro atoms. The molecule has 0 aliphatic heterocycles. The number of hydrogen-bond donors (Lipinski definition) is 1. The van der Waals surface area contributed by atoms with E-state index < -0.39 is 16.0 Å². The van der Waals surface area contributed by atoms with Gasteiger partial charge in [0.1, 0.15) is 22.3 Å². The summed E-state index contributed by atoms with van der Waals surface area (Å²) in [6.07, 6.45) is 1.42. The molecule has 0 aliphatic rings. The first-order valence-corrected chi connectivity index (χ1v) is 11.8. The number of carbonyl (C=O) groups excluding carboxylic acids is 1. The molecular weight excluding hydrogens is 448 g/mol. The average molecular weight is 469 g/mol. The molecule has 168 valence electrons. The van der Waals surface area contributed by atoms with Crippen molar-refractivity contribution in [3.8, 4) is 11.8 Å². The second-order valence-electron chi connectivity index (χ2n) is 7.61. The van der Waals surface area contributed by atoms with Crippen LogP contribution in [-0.4, -0.2) is 14.3 Å². The predicted octanol–water partition coefficient (Wildman–Crippen LogP) is 5.46. The summed E-state index contributed by atoms with van der Waals surface area (Å²) in [4.78, 5) is 12.5. The molecule has 4 rings (SSSR count). The van der Waals surface area contributed by atoms with Crippen LogP contribution in [0.4, 0.5) is 5.69 Å². The number of fused-ring (bicyclic) bond motifs is 1. The summed E-state index contributed by atoms with van der Waals surface area (Å²) in [5.41, 5.74) is 2.10. The highest BCUT2D eigenvalue weighted by Crippen LogP contribution is 2.23. The fraction of sp³-hybridized carbons (Fsp3) is 0.0370. The van der Waals surface area contributed by atoms with Gasteiger partial charge in [-0.25, -0.2) is 0 Å². The van der Waals surface area contributed by atoms with Crippen LogP contribution in [0.3, 0.4) is 0 Å². The molecule has 0 unspecified atom stereocenters. The van der Waals surface area contributed by atoms with Gasteiger partial charge in [0.05, 0.1) is 0 Å². The van der Waals surface area contributed by atoms with E-state index in [2.05, 4.69) is 5.32 Å². The monoisotopic (exact) mass is 468 g/mol. The number of nitrogens with one attached hydrogen (secondary N) is 1. The van der Waals surface area contributed by atoms with Gasteiger partial charge in [-0.1, -0.05) is 60.2 Å². The van der Waals surface area contributed by atoms with Crippen LogP contribution in [0.2, 0.25) is 0 Å². The fourth-order valence-corrected chi connectivity index (χ4v) is 4.23. The zero-order valence-corrected chi connectivity index (χ0v) is 19.0. The van der Waals surface area contributed by atoms with Gasteiger partial charge < -0.3 is 9.50 Å². The molecule has 0 heterocycles. The highest BCUT2D eigenvalue weighted by atomic mass is 32.2. The van der Waals surface area contributed by atoms with Crippen LogP contribution < -0.4 is 9.50 Å². The SMILES string of the molecule is Cc1ccc(NC(=O)C(C#N)=Cc2ccc(OS(=O)(=O)c3ccc4ccccc4c3)cc2)cc1. The third-order valence-corrected chi connectivity index (χ3v) is 6.32. The van der Waals surface area contributed by atoms with Gasteiger partial charge >= 0.3 is 10.1 Å². The summed E-state index contributed by atoms with van der Waals surface area (Å²) in [5.74, 6) is -0.418. The molecule has 4 aromatic rings. The van der Waals surface area contributed by atoms with Crippen LogP contribution in [0.5, 0.6) is 5.75 Å². The molecule has 0 saturated heterocycles. The quantitative estimate of drug-likeness (QED) is 0.230. The molecule has 0 aromatic heterocycles. The number of nitrogens with zero attached hydrogens (tertiary/aromatic N) is 1. The van der Waals surface area contributed by atoms with Gasteiger partial charge in [-0.3, -0.25) is 4.79 Å². The van der Waals surface area contributed by atoms with Gasteiger partial charge in [-0.05, 0) is 65.7 Å². The average Bonchev–Trinajstić information content (AvgIpc) is 2.84. The van der Waals surface area contributed by atoms with Crippen molar-refractivity contribution >= 4 is 38.6 Å². The number of hydrogen-bond acceptors (Lipinski definition) is 5. The summed E-state index contributed by atoms with van der Waals surface area (Å²) in [7, 11) is -4.03. The van der Waals surface area contributed by atoms with Gasteiger partial charge in [-0.2, -0.15) is 13.7 Å². The number of rotatable bonds is 6. The lowest BCUT2D eigenvalue weighted by Crippen LogP contribution is -2.13. The van der Waals surface area contributed by atoms with E-state index in [0.29, 0.717) is 11.3 Å². The lowest BCUT2D eigenvalue weighted by molar-refractivity contribution is -0.112. The maximum absolute atomic E-state index is 12.7. The molecule has 4 aromatic carbocycles. The largest absolute Gasteiger partial charge is 0.379 e. The van der Waals surface area contributed by atoms with E-state index in [1.54, 1.807) is 36.4 Å². The maximum atomic E-state index is 12.7. The van der Waals surface area contributed by atoms with Crippen LogP contribution in [-0.2, 0) is 14.9 Å². The lowest BCUT2D eigenvalue weighted by atomic mass is 10.1. The molecule has 34 heavy (non-hydrogen) atoms. The van der Waals surface area contributed by atoms with Gasteiger partial charge in [0, 0.05) is 5.69 Å². The van der Waals surface area contributed by atoms with Crippen molar-refractivity contribution in [2.45, 2.75) is 11.8 Å². The Bertz CT molecular complexity index is 1530. The van der Waals surface area contributed by atoms with Crippen LogP contribution in [0.15, 0.2) is 101 Å². The minimum atomic E-state index is -4.03. The number of amides is 1. The van der Waals surface area contributed by atoms with E-state index >= 15 is 0 Å². The van der Waals surface area contributed by atoms with Crippen molar-refractivity contribution in [3.05, 3.63) is 108 Å². The number of nitriles is 1. The van der Waals surface area contributed by atoms with Crippen LogP contribution >= 0.6 is 0 Å². The summed E-state index contributed by atoms with van der Waals surface area (Å²) in [6, 6.07) is 27.4. The van der Waals surface area contributed by atoms with Gasteiger partial charge in [0.15, 0.2) is 0 Å². The first-order valence-electron chi connectivity index (χ1n) is 10.4. The van der Waals surface area contributed by atoms with Crippen LogP contribution in [0, 0.1) is 18.3 Å². The lowest BCUT2D eigenvalue weighted by Gasteiger charge is -2.08. The van der Waals surface area contributed by atoms with Crippen molar-refractivity contribution in [1.82, 2.24) is 0 Å². The highest BCUT2D eigenvalue weighted by Gasteiger charge is 2.17. The molecule has 0 radical (unpaired) electrons. The second kappa shape index (κ2) is 9.61. The molecule has 0 bridgehead atoms. The standard InChI is InChI=1S/C27H20N2O4S/c1-19-6-11-24(12-7-19)29-27(30)23(18-28)16-20-8-13-25(14-9-20)33-34(31,32)26-15-10-21-4-2-3-5-22(21)17-26/h2-17H,1H3,(H,29,30). The maximum Gasteiger partial charge on any atom is 0.339 e. The van der Waals surface area contributed by atoms with Crippen LogP contribution in [0.25, 0.3) is 16.8 Å². The van der Waals surface area contributed by atoms with E-state index in [1.807, 2.05) is 49.4 Å². The minimum absolute atomic E-state index is 0.0507. The molecule has 0 saturated carbocycles. The summed E-state index contributed by atoms with van der Waals surface area (Å²) < 4.78 is 30.7.